The molecule has 0 spiro atoms. The van der Waals surface area contributed by atoms with Gasteiger partial charge in [-0.1, -0.05) is 12.1 Å². The number of halogens is 1. The quantitative estimate of drug-likeness (QED) is 0.792. The number of carbonyl (C=O) groups excluding carboxylic acids is 2. The first-order chi connectivity index (χ1) is 10.0. The SMILES string of the molecule is CNC(=O)NC(=O)C(C)Nc1cccc2cc(Br)cnc12. The monoisotopic (exact) mass is 350 g/mol. The molecule has 21 heavy (non-hydrogen) atoms. The van der Waals surface area contributed by atoms with E-state index in [0.29, 0.717) is 0 Å². The van der Waals surface area contributed by atoms with Crippen molar-refractivity contribution < 1.29 is 9.59 Å². The van der Waals surface area contributed by atoms with Gasteiger partial charge in [0.1, 0.15) is 6.04 Å². The summed E-state index contributed by atoms with van der Waals surface area (Å²) in [7, 11) is 1.45. The molecular weight excluding hydrogens is 336 g/mol. The van der Waals surface area contributed by atoms with Gasteiger partial charge in [0.15, 0.2) is 0 Å². The van der Waals surface area contributed by atoms with Gasteiger partial charge in [-0.25, -0.2) is 4.79 Å². The number of aromatic nitrogens is 1. The van der Waals surface area contributed by atoms with Gasteiger partial charge in [0.05, 0.1) is 11.2 Å². The Labute approximate surface area is 130 Å². The summed E-state index contributed by atoms with van der Waals surface area (Å²) in [4.78, 5) is 27.3. The number of pyridine rings is 1. The molecule has 2 rings (SSSR count). The van der Waals surface area contributed by atoms with Crippen LogP contribution in [0.4, 0.5) is 10.5 Å². The van der Waals surface area contributed by atoms with E-state index in [-0.39, 0.29) is 0 Å². The first kappa shape index (κ1) is 15.2. The van der Waals surface area contributed by atoms with Crippen molar-refractivity contribution in [2.75, 3.05) is 12.4 Å². The Morgan fingerprint density at radius 1 is 1.33 bits per heavy atom. The number of para-hydroxylation sites is 1. The number of hydrogen-bond donors (Lipinski definition) is 3. The highest BCUT2D eigenvalue weighted by Gasteiger charge is 2.16. The lowest BCUT2D eigenvalue weighted by Gasteiger charge is -2.15. The Bertz CT molecular complexity index is 690. The summed E-state index contributed by atoms with van der Waals surface area (Å²) >= 11 is 3.37. The molecule has 3 amide bonds. The molecule has 0 saturated carbocycles. The van der Waals surface area contributed by atoms with Crippen molar-refractivity contribution in [3.05, 3.63) is 34.9 Å². The lowest BCUT2D eigenvalue weighted by Crippen LogP contribution is -2.44. The largest absolute Gasteiger partial charge is 0.372 e. The van der Waals surface area contributed by atoms with E-state index in [9.17, 15) is 9.59 Å². The third-order valence-electron chi connectivity index (χ3n) is 2.91. The zero-order chi connectivity index (χ0) is 15.4. The average Bonchev–Trinajstić information content (AvgIpc) is 2.46. The maximum absolute atomic E-state index is 11.8. The fraction of sp³-hybridized carbons (Fsp3) is 0.214. The number of hydrogen-bond acceptors (Lipinski definition) is 4. The number of urea groups is 1. The second-order valence-corrected chi connectivity index (χ2v) is 5.38. The normalized spacial score (nSPS) is 11.8. The summed E-state index contributed by atoms with van der Waals surface area (Å²) in [6.07, 6.45) is 1.70. The Kier molecular flexibility index (Phi) is 4.74. The van der Waals surface area contributed by atoms with Gasteiger partial charge in [0.25, 0.3) is 0 Å². The van der Waals surface area contributed by atoms with Crippen LogP contribution in [0, 0.1) is 0 Å². The molecule has 1 aromatic carbocycles. The van der Waals surface area contributed by atoms with Crippen molar-refractivity contribution in [2.24, 2.45) is 0 Å². The molecule has 1 aromatic heterocycles. The highest BCUT2D eigenvalue weighted by Crippen LogP contribution is 2.24. The number of imide groups is 1. The third-order valence-corrected chi connectivity index (χ3v) is 3.34. The van der Waals surface area contributed by atoms with E-state index in [2.05, 4.69) is 36.9 Å². The highest BCUT2D eigenvalue weighted by molar-refractivity contribution is 9.10. The van der Waals surface area contributed by atoms with Gasteiger partial charge < -0.3 is 10.6 Å². The van der Waals surface area contributed by atoms with Crippen LogP contribution in [0.15, 0.2) is 34.9 Å². The number of amides is 3. The lowest BCUT2D eigenvalue weighted by molar-refractivity contribution is -0.120. The van der Waals surface area contributed by atoms with Gasteiger partial charge in [-0.2, -0.15) is 0 Å². The van der Waals surface area contributed by atoms with E-state index in [1.807, 2.05) is 24.3 Å². The van der Waals surface area contributed by atoms with Crippen molar-refractivity contribution in [1.82, 2.24) is 15.6 Å². The highest BCUT2D eigenvalue weighted by atomic mass is 79.9. The minimum Gasteiger partial charge on any atom is -0.372 e. The van der Waals surface area contributed by atoms with Crippen LogP contribution in [-0.2, 0) is 4.79 Å². The van der Waals surface area contributed by atoms with Crippen LogP contribution in [0.3, 0.4) is 0 Å². The van der Waals surface area contributed by atoms with Crippen LogP contribution in [0.1, 0.15) is 6.92 Å². The van der Waals surface area contributed by atoms with Crippen LogP contribution in [-0.4, -0.2) is 30.0 Å². The Morgan fingerprint density at radius 3 is 2.81 bits per heavy atom. The fourth-order valence-corrected chi connectivity index (χ4v) is 2.18. The van der Waals surface area contributed by atoms with Crippen LogP contribution in [0.2, 0.25) is 0 Å². The maximum Gasteiger partial charge on any atom is 0.321 e. The topological polar surface area (TPSA) is 83.1 Å². The predicted molar refractivity (Wildman–Crippen MR) is 85.1 cm³/mol. The molecule has 6 nitrogen and oxygen atoms in total. The van der Waals surface area contributed by atoms with E-state index in [4.69, 9.17) is 0 Å². The summed E-state index contributed by atoms with van der Waals surface area (Å²) in [6.45, 7) is 1.68. The van der Waals surface area contributed by atoms with E-state index in [1.54, 1.807) is 13.1 Å². The Hall–Kier alpha value is -2.15. The molecule has 2 aromatic rings. The smallest absolute Gasteiger partial charge is 0.321 e. The fourth-order valence-electron chi connectivity index (χ4n) is 1.83. The summed E-state index contributed by atoms with van der Waals surface area (Å²) in [5.74, 6) is -0.413. The van der Waals surface area contributed by atoms with Crippen molar-refractivity contribution >= 4 is 44.5 Å². The zero-order valence-corrected chi connectivity index (χ0v) is 13.2. The van der Waals surface area contributed by atoms with Gasteiger partial charge in [-0.05, 0) is 35.0 Å². The molecule has 3 N–H and O–H groups in total. The molecule has 1 atom stereocenters. The summed E-state index contributed by atoms with van der Waals surface area (Å²) in [5, 5.41) is 8.58. The van der Waals surface area contributed by atoms with E-state index < -0.39 is 18.0 Å². The molecule has 0 aliphatic rings. The molecule has 0 radical (unpaired) electrons. The van der Waals surface area contributed by atoms with Crippen LogP contribution < -0.4 is 16.0 Å². The Balaban J connectivity index is 2.19. The van der Waals surface area contributed by atoms with Gasteiger partial charge in [-0.3, -0.25) is 15.1 Å². The number of fused-ring (bicyclic) bond motifs is 1. The van der Waals surface area contributed by atoms with Gasteiger partial charge >= 0.3 is 6.03 Å². The third kappa shape index (κ3) is 3.69. The first-order valence-corrected chi connectivity index (χ1v) is 7.14. The lowest BCUT2D eigenvalue weighted by atomic mass is 10.1. The van der Waals surface area contributed by atoms with Crippen molar-refractivity contribution in [1.29, 1.82) is 0 Å². The average molecular weight is 351 g/mol. The first-order valence-electron chi connectivity index (χ1n) is 6.34. The standard InChI is InChI=1S/C14H15BrN4O2/c1-8(13(20)19-14(21)16-2)18-11-5-3-4-9-6-10(15)7-17-12(9)11/h3-8,18H,1-2H3,(H2,16,19,20,21). The summed E-state index contributed by atoms with van der Waals surface area (Å²) < 4.78 is 0.887. The number of nitrogens with one attached hydrogen (secondary N) is 3. The number of carbonyl (C=O) groups is 2. The van der Waals surface area contributed by atoms with Crippen molar-refractivity contribution in [3.8, 4) is 0 Å². The molecule has 1 unspecified atom stereocenters. The molecule has 0 aliphatic carbocycles. The van der Waals surface area contributed by atoms with E-state index in [0.717, 1.165) is 21.1 Å². The maximum atomic E-state index is 11.8. The minimum absolute atomic E-state index is 0.413. The summed E-state index contributed by atoms with van der Waals surface area (Å²) in [5.41, 5.74) is 1.50. The van der Waals surface area contributed by atoms with Crippen LogP contribution in [0.25, 0.3) is 10.9 Å². The van der Waals surface area contributed by atoms with Gasteiger partial charge in [-0.15, -0.1) is 0 Å². The number of anilines is 1. The van der Waals surface area contributed by atoms with Crippen LogP contribution in [0.5, 0.6) is 0 Å². The second-order valence-electron chi connectivity index (χ2n) is 4.47. The number of nitrogens with zero attached hydrogens (tertiary/aromatic N) is 1. The Morgan fingerprint density at radius 2 is 2.10 bits per heavy atom. The molecule has 0 fully saturated rings. The van der Waals surface area contributed by atoms with Gasteiger partial charge in [0, 0.05) is 23.1 Å². The molecule has 110 valence electrons. The van der Waals surface area contributed by atoms with E-state index in [1.165, 1.54) is 7.05 Å². The predicted octanol–water partition coefficient (Wildman–Crippen LogP) is 2.25. The number of benzene rings is 1. The molecular formula is C14H15BrN4O2. The zero-order valence-electron chi connectivity index (χ0n) is 11.6. The summed E-state index contributed by atoms with van der Waals surface area (Å²) in [6, 6.07) is 6.50. The van der Waals surface area contributed by atoms with Crippen molar-refractivity contribution in [2.45, 2.75) is 13.0 Å². The molecule has 1 heterocycles. The second kappa shape index (κ2) is 6.53. The van der Waals surface area contributed by atoms with Crippen molar-refractivity contribution in [3.63, 3.8) is 0 Å². The number of rotatable bonds is 3. The molecule has 0 bridgehead atoms. The minimum atomic E-state index is -0.571. The van der Waals surface area contributed by atoms with E-state index >= 15 is 0 Å². The molecule has 0 saturated heterocycles. The molecule has 0 aliphatic heterocycles. The van der Waals surface area contributed by atoms with Crippen LogP contribution >= 0.6 is 15.9 Å². The molecule has 7 heteroatoms. The van der Waals surface area contributed by atoms with Gasteiger partial charge in [0.2, 0.25) is 5.91 Å².